The highest BCUT2D eigenvalue weighted by atomic mass is 35.5. The van der Waals surface area contributed by atoms with E-state index in [4.69, 9.17) is 23.2 Å². The second-order valence-electron chi connectivity index (χ2n) is 9.05. The van der Waals surface area contributed by atoms with Gasteiger partial charge in [-0.05, 0) is 35.6 Å². The maximum atomic E-state index is 13.7. The number of aryl methyl sites for hydroxylation is 1. The molecular formula is C29H32Cl2N2O2. The fourth-order valence-corrected chi connectivity index (χ4v) is 4.39. The summed E-state index contributed by atoms with van der Waals surface area (Å²) in [6.45, 7) is 4.76. The first-order valence-corrected chi connectivity index (χ1v) is 12.7. The minimum atomic E-state index is -0.702. The molecule has 0 spiro atoms. The number of amides is 2. The maximum Gasteiger partial charge on any atom is 0.243 e. The van der Waals surface area contributed by atoms with Crippen LogP contribution >= 0.6 is 23.2 Å². The third kappa shape index (κ3) is 8.12. The Kier molecular flexibility index (Phi) is 10.2. The van der Waals surface area contributed by atoms with Crippen LogP contribution < -0.4 is 5.32 Å². The van der Waals surface area contributed by atoms with Gasteiger partial charge >= 0.3 is 0 Å². The Morgan fingerprint density at radius 2 is 1.40 bits per heavy atom. The number of nitrogens with one attached hydrogen (secondary N) is 1. The van der Waals surface area contributed by atoms with Gasteiger partial charge in [-0.3, -0.25) is 9.59 Å². The van der Waals surface area contributed by atoms with Gasteiger partial charge in [-0.1, -0.05) is 104 Å². The van der Waals surface area contributed by atoms with Crippen molar-refractivity contribution in [3.63, 3.8) is 0 Å². The summed E-state index contributed by atoms with van der Waals surface area (Å²) in [4.78, 5) is 28.8. The van der Waals surface area contributed by atoms with E-state index in [1.54, 1.807) is 23.1 Å². The third-order valence-electron chi connectivity index (χ3n) is 5.82. The van der Waals surface area contributed by atoms with Crippen LogP contribution in [0.1, 0.15) is 37.0 Å². The van der Waals surface area contributed by atoms with E-state index >= 15 is 0 Å². The van der Waals surface area contributed by atoms with Crippen molar-refractivity contribution in [2.24, 2.45) is 5.92 Å². The summed E-state index contributed by atoms with van der Waals surface area (Å²) in [5, 5.41) is 3.97. The fraction of sp³-hybridized carbons (Fsp3) is 0.310. The van der Waals surface area contributed by atoms with Crippen molar-refractivity contribution in [1.82, 2.24) is 10.2 Å². The lowest BCUT2D eigenvalue weighted by Crippen LogP contribution is -2.51. The van der Waals surface area contributed by atoms with E-state index in [-0.39, 0.29) is 30.7 Å². The summed E-state index contributed by atoms with van der Waals surface area (Å²) in [6, 6.07) is 24.2. The quantitative estimate of drug-likeness (QED) is 0.327. The molecule has 3 aromatic carbocycles. The van der Waals surface area contributed by atoms with Crippen LogP contribution in [0.2, 0.25) is 10.0 Å². The lowest BCUT2D eigenvalue weighted by atomic mass is 10.0. The summed E-state index contributed by atoms with van der Waals surface area (Å²) in [6.07, 6.45) is 1.25. The second kappa shape index (κ2) is 13.3. The standard InChI is InChI=1S/C29H32Cl2N2O2/c1-21(2)19-32-29(35)27(18-23-12-7-4-8-13-23)33(20-24-25(30)14-9-15-26(24)31)28(34)17-16-22-10-5-3-6-11-22/h3-15,21,27H,16-20H2,1-2H3,(H,32,35)/t27-/m0/s1. The maximum absolute atomic E-state index is 13.7. The van der Waals surface area contributed by atoms with Crippen LogP contribution in [-0.4, -0.2) is 29.3 Å². The first kappa shape index (κ1) is 26.8. The molecule has 0 radical (unpaired) electrons. The van der Waals surface area contributed by atoms with Crippen LogP contribution in [0.15, 0.2) is 78.9 Å². The molecule has 2 amide bonds. The van der Waals surface area contributed by atoms with Crippen LogP contribution in [0.5, 0.6) is 0 Å². The predicted octanol–water partition coefficient (Wildman–Crippen LogP) is 6.34. The van der Waals surface area contributed by atoms with E-state index in [1.165, 1.54) is 0 Å². The Bertz CT molecular complexity index is 1080. The number of nitrogens with zero attached hydrogens (tertiary/aromatic N) is 1. The molecule has 0 aliphatic carbocycles. The Balaban J connectivity index is 1.94. The van der Waals surface area contributed by atoms with Crippen molar-refractivity contribution in [2.45, 2.75) is 45.7 Å². The summed E-state index contributed by atoms with van der Waals surface area (Å²) in [5.74, 6) is -0.0131. The van der Waals surface area contributed by atoms with Gasteiger partial charge in [0.25, 0.3) is 0 Å². The topological polar surface area (TPSA) is 49.4 Å². The molecule has 6 heteroatoms. The van der Waals surface area contributed by atoms with Gasteiger partial charge in [-0.15, -0.1) is 0 Å². The number of rotatable bonds is 11. The summed E-state index contributed by atoms with van der Waals surface area (Å²) >= 11 is 13.0. The smallest absolute Gasteiger partial charge is 0.243 e. The van der Waals surface area contributed by atoms with Crippen molar-refractivity contribution >= 4 is 35.0 Å². The molecule has 3 aromatic rings. The first-order chi connectivity index (χ1) is 16.8. The van der Waals surface area contributed by atoms with Gasteiger partial charge in [-0.2, -0.15) is 0 Å². The Morgan fingerprint density at radius 3 is 1.97 bits per heavy atom. The highest BCUT2D eigenvalue weighted by Gasteiger charge is 2.31. The van der Waals surface area contributed by atoms with Crippen LogP contribution in [0, 0.1) is 5.92 Å². The van der Waals surface area contributed by atoms with Crippen molar-refractivity contribution in [2.75, 3.05) is 6.54 Å². The molecule has 0 bridgehead atoms. The Hall–Kier alpha value is -2.82. The second-order valence-corrected chi connectivity index (χ2v) is 9.87. The molecule has 0 saturated heterocycles. The number of hydrogen-bond acceptors (Lipinski definition) is 2. The normalized spacial score (nSPS) is 11.8. The largest absolute Gasteiger partial charge is 0.354 e. The van der Waals surface area contributed by atoms with Gasteiger partial charge in [0.15, 0.2) is 0 Å². The minimum absolute atomic E-state index is 0.120. The SMILES string of the molecule is CC(C)CNC(=O)[C@H](Cc1ccccc1)N(Cc1c(Cl)cccc1Cl)C(=O)CCc1ccccc1. The molecule has 4 nitrogen and oxygen atoms in total. The fourth-order valence-electron chi connectivity index (χ4n) is 3.87. The van der Waals surface area contributed by atoms with E-state index in [9.17, 15) is 9.59 Å². The molecule has 3 rings (SSSR count). The van der Waals surface area contributed by atoms with Crippen LogP contribution in [0.25, 0.3) is 0 Å². The average molecular weight is 511 g/mol. The molecule has 1 atom stereocenters. The minimum Gasteiger partial charge on any atom is -0.354 e. The molecule has 0 fully saturated rings. The highest BCUT2D eigenvalue weighted by Crippen LogP contribution is 2.27. The zero-order valence-electron chi connectivity index (χ0n) is 20.2. The predicted molar refractivity (Wildman–Crippen MR) is 144 cm³/mol. The molecule has 0 saturated carbocycles. The van der Waals surface area contributed by atoms with Crippen molar-refractivity contribution in [1.29, 1.82) is 0 Å². The molecule has 35 heavy (non-hydrogen) atoms. The lowest BCUT2D eigenvalue weighted by Gasteiger charge is -2.32. The van der Waals surface area contributed by atoms with E-state index in [2.05, 4.69) is 5.32 Å². The number of hydrogen-bond donors (Lipinski definition) is 1. The van der Waals surface area contributed by atoms with Gasteiger partial charge < -0.3 is 10.2 Å². The number of benzene rings is 3. The molecule has 0 aliphatic rings. The Morgan fingerprint density at radius 1 is 0.829 bits per heavy atom. The first-order valence-electron chi connectivity index (χ1n) is 11.9. The molecule has 0 aliphatic heterocycles. The third-order valence-corrected chi connectivity index (χ3v) is 6.52. The number of halogens is 2. The molecule has 184 valence electrons. The zero-order valence-corrected chi connectivity index (χ0v) is 21.7. The van der Waals surface area contributed by atoms with Crippen LogP contribution in [0.4, 0.5) is 0 Å². The van der Waals surface area contributed by atoms with Crippen LogP contribution in [0.3, 0.4) is 0 Å². The van der Waals surface area contributed by atoms with Gasteiger partial charge in [0.05, 0.1) is 0 Å². The molecule has 1 N–H and O–H groups in total. The van der Waals surface area contributed by atoms with E-state index in [0.717, 1.165) is 11.1 Å². The van der Waals surface area contributed by atoms with Gasteiger partial charge in [0.2, 0.25) is 11.8 Å². The monoisotopic (exact) mass is 510 g/mol. The van der Waals surface area contributed by atoms with Crippen molar-refractivity contribution in [3.05, 3.63) is 106 Å². The number of carbonyl (C=O) groups is 2. The van der Waals surface area contributed by atoms with Crippen LogP contribution in [-0.2, 0) is 29.0 Å². The highest BCUT2D eigenvalue weighted by molar-refractivity contribution is 6.36. The van der Waals surface area contributed by atoms with Gasteiger partial charge in [0.1, 0.15) is 6.04 Å². The van der Waals surface area contributed by atoms with Crippen molar-refractivity contribution < 1.29 is 9.59 Å². The molecular weight excluding hydrogens is 479 g/mol. The summed E-state index contributed by atoms with van der Waals surface area (Å²) in [7, 11) is 0. The van der Waals surface area contributed by atoms with Crippen molar-refractivity contribution in [3.8, 4) is 0 Å². The summed E-state index contributed by atoms with van der Waals surface area (Å²) < 4.78 is 0. The Labute approximate surface area is 218 Å². The van der Waals surface area contributed by atoms with E-state index in [1.807, 2.05) is 74.5 Å². The average Bonchev–Trinajstić information content (AvgIpc) is 2.86. The van der Waals surface area contributed by atoms with E-state index < -0.39 is 6.04 Å². The molecule has 0 unspecified atom stereocenters. The molecule has 0 heterocycles. The van der Waals surface area contributed by atoms with Gasteiger partial charge in [-0.25, -0.2) is 0 Å². The molecule has 0 aromatic heterocycles. The zero-order chi connectivity index (χ0) is 25.2. The summed E-state index contributed by atoms with van der Waals surface area (Å²) in [5.41, 5.74) is 2.68. The van der Waals surface area contributed by atoms with Gasteiger partial charge in [0, 0.05) is 41.5 Å². The lowest BCUT2D eigenvalue weighted by molar-refractivity contribution is -0.141. The number of carbonyl (C=O) groups excluding carboxylic acids is 2. The van der Waals surface area contributed by atoms with E-state index in [0.29, 0.717) is 35.0 Å².